The van der Waals surface area contributed by atoms with E-state index in [1.807, 2.05) is 84.9 Å². The summed E-state index contributed by atoms with van der Waals surface area (Å²) in [5, 5.41) is 2.84. The van der Waals surface area contributed by atoms with Crippen LogP contribution < -0.4 is 35.5 Å². The maximum Gasteiger partial charge on any atom is 0.495 e. The molecule has 0 saturated carbocycles. The van der Waals surface area contributed by atoms with E-state index in [1.54, 1.807) is 100 Å². The molecular formula is C55H71BBrN4O14Pd-. The van der Waals surface area contributed by atoms with Crippen molar-refractivity contribution >= 4 is 62.0 Å². The van der Waals surface area contributed by atoms with Gasteiger partial charge in [0.1, 0.15) is 47.4 Å². The molecule has 0 aliphatic carbocycles. The van der Waals surface area contributed by atoms with Gasteiger partial charge in [-0.1, -0.05) is 0 Å². The van der Waals surface area contributed by atoms with Crippen LogP contribution in [0.25, 0.3) is 32.7 Å². The van der Waals surface area contributed by atoms with E-state index in [4.69, 9.17) is 47.2 Å². The van der Waals surface area contributed by atoms with Gasteiger partial charge in [0.15, 0.2) is 0 Å². The Morgan fingerprint density at radius 1 is 0.632 bits per heavy atom. The van der Waals surface area contributed by atoms with E-state index < -0.39 is 41.5 Å². The summed E-state index contributed by atoms with van der Waals surface area (Å²) in [6, 6.07) is 11.0. The molecule has 1 aliphatic heterocycles. The third kappa shape index (κ3) is 16.4. The number of methoxy groups -OCH3 is 4. The SMILES string of the molecule is COc1cc(-c2cn(C)c(=O)c3cnccc23)cc(OC)c1COCC(=O)OC(C)(C)C.COc1cc(B2OC(C)(C)C(C)(C)O2)cc(OC)c1COCC(=O)OC(C)(C)C.Cn1cc(Br)c2ccncc2c1=O.[CH3-].[Pd]. The van der Waals surface area contributed by atoms with Crippen LogP contribution in [0.4, 0.5) is 0 Å². The number of carbonyl (C=O) groups is 2. The Bertz CT molecular complexity index is 3030. The first kappa shape index (κ1) is 64.6. The van der Waals surface area contributed by atoms with Crippen LogP contribution in [0.1, 0.15) is 80.4 Å². The molecule has 0 bridgehead atoms. The van der Waals surface area contributed by atoms with Gasteiger partial charge in [-0.25, -0.2) is 9.59 Å². The van der Waals surface area contributed by atoms with E-state index in [9.17, 15) is 19.2 Å². The van der Waals surface area contributed by atoms with Crippen molar-refractivity contribution in [2.75, 3.05) is 41.7 Å². The molecule has 2 aromatic carbocycles. The van der Waals surface area contributed by atoms with Crippen LogP contribution >= 0.6 is 15.9 Å². The second-order valence-corrected chi connectivity index (χ2v) is 21.1. The average Bonchev–Trinajstić information content (AvgIpc) is 3.56. The maximum absolute atomic E-state index is 12.5. The van der Waals surface area contributed by atoms with Gasteiger partial charge in [-0.05, 0) is 138 Å². The molecule has 416 valence electrons. The zero-order chi connectivity index (χ0) is 54.9. The van der Waals surface area contributed by atoms with Gasteiger partial charge in [-0.15, -0.1) is 0 Å². The molecule has 0 unspecified atom stereocenters. The first-order valence-electron chi connectivity index (χ1n) is 23.6. The minimum atomic E-state index is -0.578. The van der Waals surface area contributed by atoms with Gasteiger partial charge in [0, 0.05) is 87.1 Å². The molecule has 0 spiro atoms. The largest absolute Gasteiger partial charge is 0.496 e. The van der Waals surface area contributed by atoms with Crippen molar-refractivity contribution in [1.82, 2.24) is 19.1 Å². The topological polar surface area (TPSA) is 196 Å². The number of pyridine rings is 4. The van der Waals surface area contributed by atoms with Crippen LogP contribution in [0.15, 0.2) is 87.6 Å². The molecule has 5 heterocycles. The summed E-state index contributed by atoms with van der Waals surface area (Å²) < 4.78 is 60.1. The quantitative estimate of drug-likeness (QED) is 0.0571. The smallest absolute Gasteiger partial charge is 0.495 e. The Labute approximate surface area is 467 Å². The summed E-state index contributed by atoms with van der Waals surface area (Å²) in [5.74, 6) is 1.34. The molecule has 4 aromatic heterocycles. The Morgan fingerprint density at radius 3 is 1.42 bits per heavy atom. The molecule has 18 nitrogen and oxygen atoms in total. The fourth-order valence-corrected chi connectivity index (χ4v) is 8.21. The third-order valence-electron chi connectivity index (χ3n) is 11.8. The van der Waals surface area contributed by atoms with Gasteiger partial charge in [0.2, 0.25) is 0 Å². The summed E-state index contributed by atoms with van der Waals surface area (Å²) in [4.78, 5) is 55.9. The molecule has 0 N–H and O–H groups in total. The van der Waals surface area contributed by atoms with E-state index in [0.717, 1.165) is 31.8 Å². The number of halogens is 1. The van der Waals surface area contributed by atoms with Crippen LogP contribution in [0, 0.1) is 7.43 Å². The third-order valence-corrected chi connectivity index (χ3v) is 12.4. The summed E-state index contributed by atoms with van der Waals surface area (Å²) in [5.41, 5.74) is 1.61. The fraction of sp³-hybridized carbons (Fsp3) is 0.436. The van der Waals surface area contributed by atoms with E-state index in [-0.39, 0.29) is 65.4 Å². The number of ether oxygens (including phenoxy) is 8. The number of nitrogens with zero attached hydrogens (tertiary/aromatic N) is 4. The summed E-state index contributed by atoms with van der Waals surface area (Å²) >= 11 is 3.39. The molecule has 0 atom stereocenters. The minimum Gasteiger partial charge on any atom is -0.496 e. The molecule has 0 amide bonds. The average molecular weight is 1210 g/mol. The molecular weight excluding hydrogens is 1140 g/mol. The normalized spacial score (nSPS) is 13.5. The molecule has 0 radical (unpaired) electrons. The van der Waals surface area contributed by atoms with Crippen molar-refractivity contribution in [2.24, 2.45) is 14.1 Å². The van der Waals surface area contributed by atoms with Crippen LogP contribution in [-0.2, 0) is 85.6 Å². The maximum atomic E-state index is 12.5. The van der Waals surface area contributed by atoms with E-state index >= 15 is 0 Å². The van der Waals surface area contributed by atoms with E-state index in [0.29, 0.717) is 44.9 Å². The Kier molecular flexibility index (Phi) is 23.0. The van der Waals surface area contributed by atoms with Crippen molar-refractivity contribution in [1.29, 1.82) is 0 Å². The molecule has 7 rings (SSSR count). The number of esters is 2. The number of hydrogen-bond donors (Lipinski definition) is 0. The van der Waals surface area contributed by atoms with Gasteiger partial charge < -0.3 is 63.8 Å². The number of aromatic nitrogens is 4. The molecule has 21 heteroatoms. The number of carbonyl (C=O) groups excluding carboxylic acids is 2. The standard InChI is InChI=1S/C24H28N2O6.C21H33BO7.C9H7BrN2O.CH3.Pd/c1-24(2,3)32-22(27)14-31-13-19-20(29-5)9-15(10-21(19)30-6)18-12-26(4)23(28)17-11-25-8-7-16(17)18;1-19(2,3)27-18(23)13-26-12-15-16(24-8)10-14(11-17(15)25-9)22-28-20(4,5)21(6,7)29-22;1-12-5-8(10)6-2-3-11-4-7(6)9(12)13;;/h7-12H,13-14H2,1-6H3;10-11H,12-13H2,1-9H3;2-5H,1H3;1H3;/q;;;-1;. The first-order valence-corrected chi connectivity index (χ1v) is 24.4. The number of rotatable bonds is 14. The minimum absolute atomic E-state index is 0. The Morgan fingerprint density at radius 2 is 1.01 bits per heavy atom. The van der Waals surface area contributed by atoms with Crippen LogP contribution in [-0.4, -0.2) is 102 Å². The molecule has 76 heavy (non-hydrogen) atoms. The number of hydrogen-bond acceptors (Lipinski definition) is 16. The molecule has 6 aromatic rings. The van der Waals surface area contributed by atoms with Crippen molar-refractivity contribution in [3.63, 3.8) is 0 Å². The molecule has 1 saturated heterocycles. The van der Waals surface area contributed by atoms with E-state index in [1.165, 1.54) is 9.13 Å². The summed E-state index contributed by atoms with van der Waals surface area (Å²) in [6.45, 7) is 18.7. The van der Waals surface area contributed by atoms with Crippen LogP contribution in [0.3, 0.4) is 0 Å². The van der Waals surface area contributed by atoms with Gasteiger partial charge in [0.25, 0.3) is 11.1 Å². The summed E-state index contributed by atoms with van der Waals surface area (Å²) in [6.07, 6.45) is 10.0. The van der Waals surface area contributed by atoms with Gasteiger partial charge >= 0.3 is 19.1 Å². The number of benzene rings is 2. The van der Waals surface area contributed by atoms with Crippen LogP contribution in [0.2, 0.25) is 0 Å². The number of aryl methyl sites for hydroxylation is 2. The van der Waals surface area contributed by atoms with E-state index in [2.05, 4.69) is 25.9 Å². The van der Waals surface area contributed by atoms with Crippen LogP contribution in [0.5, 0.6) is 23.0 Å². The monoisotopic (exact) mass is 1210 g/mol. The zero-order valence-corrected chi connectivity index (χ0v) is 49.7. The van der Waals surface area contributed by atoms with Gasteiger partial charge in [-0.3, -0.25) is 19.6 Å². The van der Waals surface area contributed by atoms with Crippen molar-refractivity contribution in [3.8, 4) is 34.1 Å². The Balaban J connectivity index is 0.000000318. The van der Waals surface area contributed by atoms with Crippen molar-refractivity contribution in [3.05, 3.63) is 117 Å². The predicted molar refractivity (Wildman–Crippen MR) is 293 cm³/mol. The summed E-state index contributed by atoms with van der Waals surface area (Å²) in [7, 11) is 9.13. The first-order chi connectivity index (χ1) is 34.6. The predicted octanol–water partition coefficient (Wildman–Crippen LogP) is 8.48. The number of fused-ring (bicyclic) bond motifs is 2. The molecule has 1 aliphatic rings. The molecule has 1 fully saturated rings. The van der Waals surface area contributed by atoms with Crippen molar-refractivity contribution < 1.29 is 77.2 Å². The second-order valence-electron chi connectivity index (χ2n) is 20.2. The zero-order valence-electron chi connectivity index (χ0n) is 46.5. The Hall–Kier alpha value is -5.65. The van der Waals surface area contributed by atoms with Gasteiger partial charge in [-0.2, -0.15) is 0 Å². The van der Waals surface area contributed by atoms with Gasteiger partial charge in [0.05, 0.1) is 74.8 Å². The van der Waals surface area contributed by atoms with Crippen molar-refractivity contribution in [2.45, 2.75) is 105 Å². The fourth-order valence-electron chi connectivity index (χ4n) is 7.56. The second kappa shape index (κ2) is 27.1.